The van der Waals surface area contributed by atoms with Gasteiger partial charge in [-0.3, -0.25) is 4.79 Å². The average molecular weight is 367 g/mol. The summed E-state index contributed by atoms with van der Waals surface area (Å²) >= 11 is 0. The van der Waals surface area contributed by atoms with E-state index in [1.54, 1.807) is 4.57 Å². The first kappa shape index (κ1) is 17.8. The van der Waals surface area contributed by atoms with Crippen LogP contribution < -0.4 is 10.3 Å². The molecule has 0 unspecified atom stereocenters. The summed E-state index contributed by atoms with van der Waals surface area (Å²) in [7, 11) is 0. The molecule has 0 bridgehead atoms. The van der Waals surface area contributed by atoms with Crippen LogP contribution in [0.5, 0.6) is 5.75 Å². The Hall–Kier alpha value is -3.59. The summed E-state index contributed by atoms with van der Waals surface area (Å²) in [6, 6.07) is 31.5. The molecular formula is C25H21NO2. The van der Waals surface area contributed by atoms with Gasteiger partial charge in [0.15, 0.2) is 0 Å². The van der Waals surface area contributed by atoms with E-state index in [1.807, 2.05) is 103 Å². The fourth-order valence-electron chi connectivity index (χ4n) is 3.19. The SMILES string of the molecule is O=c1c(-c2ccccc2)c(OCc2ccccc2)ccn1Cc1ccccc1. The third-order valence-corrected chi connectivity index (χ3v) is 4.62. The Balaban J connectivity index is 1.71. The van der Waals surface area contributed by atoms with Crippen molar-refractivity contribution >= 4 is 0 Å². The van der Waals surface area contributed by atoms with Crippen LogP contribution in [0.2, 0.25) is 0 Å². The van der Waals surface area contributed by atoms with Crippen molar-refractivity contribution in [2.24, 2.45) is 0 Å². The molecule has 0 aliphatic rings. The van der Waals surface area contributed by atoms with Gasteiger partial charge in [0.2, 0.25) is 0 Å². The molecule has 1 heterocycles. The standard InChI is InChI=1S/C25H21NO2/c27-25-24(22-14-8-3-9-15-22)23(28-19-21-12-6-2-7-13-21)16-17-26(25)18-20-10-4-1-5-11-20/h1-17H,18-19H2. The Labute approximate surface area is 164 Å². The molecule has 3 nitrogen and oxygen atoms in total. The average Bonchev–Trinajstić information content (AvgIpc) is 2.76. The fraction of sp³-hybridized carbons (Fsp3) is 0.0800. The molecule has 0 spiro atoms. The van der Waals surface area contributed by atoms with Crippen molar-refractivity contribution in [3.05, 3.63) is 125 Å². The van der Waals surface area contributed by atoms with Gasteiger partial charge in [-0.25, -0.2) is 0 Å². The van der Waals surface area contributed by atoms with Crippen molar-refractivity contribution in [1.82, 2.24) is 4.57 Å². The predicted octanol–water partition coefficient (Wildman–Crippen LogP) is 5.14. The van der Waals surface area contributed by atoms with E-state index in [0.29, 0.717) is 24.5 Å². The number of benzene rings is 3. The van der Waals surface area contributed by atoms with E-state index in [1.165, 1.54) is 0 Å². The molecule has 0 atom stereocenters. The van der Waals surface area contributed by atoms with Crippen LogP contribution in [0.15, 0.2) is 108 Å². The number of pyridine rings is 1. The van der Waals surface area contributed by atoms with Crippen molar-refractivity contribution < 1.29 is 4.74 Å². The van der Waals surface area contributed by atoms with Gasteiger partial charge in [0, 0.05) is 6.20 Å². The molecule has 28 heavy (non-hydrogen) atoms. The maximum Gasteiger partial charge on any atom is 0.262 e. The van der Waals surface area contributed by atoms with Crippen LogP contribution in [-0.4, -0.2) is 4.57 Å². The minimum Gasteiger partial charge on any atom is -0.488 e. The largest absolute Gasteiger partial charge is 0.488 e. The maximum absolute atomic E-state index is 13.3. The molecule has 0 fully saturated rings. The zero-order chi connectivity index (χ0) is 19.2. The molecular weight excluding hydrogens is 346 g/mol. The van der Waals surface area contributed by atoms with Gasteiger partial charge < -0.3 is 9.30 Å². The molecule has 0 aliphatic heterocycles. The van der Waals surface area contributed by atoms with Crippen LogP contribution in [0.4, 0.5) is 0 Å². The van der Waals surface area contributed by atoms with E-state index < -0.39 is 0 Å². The zero-order valence-electron chi connectivity index (χ0n) is 15.5. The summed E-state index contributed by atoms with van der Waals surface area (Å²) in [5.41, 5.74) is 3.55. The Morgan fingerprint density at radius 2 is 1.25 bits per heavy atom. The Kier molecular flexibility index (Phi) is 5.34. The molecule has 138 valence electrons. The van der Waals surface area contributed by atoms with E-state index in [9.17, 15) is 4.79 Å². The molecule has 4 aromatic rings. The quantitative estimate of drug-likeness (QED) is 0.472. The van der Waals surface area contributed by atoms with Crippen LogP contribution in [0.25, 0.3) is 11.1 Å². The van der Waals surface area contributed by atoms with Gasteiger partial charge in [-0.15, -0.1) is 0 Å². The minimum atomic E-state index is -0.0550. The minimum absolute atomic E-state index is 0.0550. The van der Waals surface area contributed by atoms with Gasteiger partial charge in [0.1, 0.15) is 12.4 Å². The summed E-state index contributed by atoms with van der Waals surface area (Å²) in [5.74, 6) is 0.601. The molecule has 0 aliphatic carbocycles. The Morgan fingerprint density at radius 1 is 0.679 bits per heavy atom. The smallest absolute Gasteiger partial charge is 0.262 e. The number of hydrogen-bond acceptors (Lipinski definition) is 2. The molecule has 0 amide bonds. The van der Waals surface area contributed by atoms with Crippen LogP contribution in [0.1, 0.15) is 11.1 Å². The maximum atomic E-state index is 13.3. The first-order valence-corrected chi connectivity index (χ1v) is 9.31. The normalized spacial score (nSPS) is 10.6. The summed E-state index contributed by atoms with van der Waals surface area (Å²) in [4.78, 5) is 13.3. The lowest BCUT2D eigenvalue weighted by molar-refractivity contribution is 0.306. The number of nitrogens with zero attached hydrogens (tertiary/aromatic N) is 1. The van der Waals surface area contributed by atoms with Crippen LogP contribution in [-0.2, 0) is 13.2 Å². The first-order valence-electron chi connectivity index (χ1n) is 9.31. The predicted molar refractivity (Wildman–Crippen MR) is 112 cm³/mol. The van der Waals surface area contributed by atoms with Crippen molar-refractivity contribution in [2.75, 3.05) is 0 Å². The van der Waals surface area contributed by atoms with Gasteiger partial charge in [-0.05, 0) is 22.8 Å². The topological polar surface area (TPSA) is 31.2 Å². The number of rotatable bonds is 6. The summed E-state index contributed by atoms with van der Waals surface area (Å²) in [6.45, 7) is 0.946. The number of hydrogen-bond donors (Lipinski definition) is 0. The fourth-order valence-corrected chi connectivity index (χ4v) is 3.19. The van der Waals surface area contributed by atoms with Crippen molar-refractivity contribution in [3.63, 3.8) is 0 Å². The van der Waals surface area contributed by atoms with Crippen molar-refractivity contribution in [2.45, 2.75) is 13.2 Å². The molecule has 0 saturated carbocycles. The number of ether oxygens (including phenoxy) is 1. The van der Waals surface area contributed by atoms with E-state index >= 15 is 0 Å². The van der Waals surface area contributed by atoms with Crippen LogP contribution >= 0.6 is 0 Å². The lowest BCUT2D eigenvalue weighted by atomic mass is 10.1. The van der Waals surface area contributed by atoms with Gasteiger partial charge in [0.25, 0.3) is 5.56 Å². The molecule has 4 rings (SSSR count). The van der Waals surface area contributed by atoms with Crippen LogP contribution in [0.3, 0.4) is 0 Å². The van der Waals surface area contributed by atoms with E-state index in [2.05, 4.69) is 0 Å². The second-order valence-corrected chi connectivity index (χ2v) is 6.61. The molecule has 0 N–H and O–H groups in total. The summed E-state index contributed by atoms with van der Waals surface area (Å²) < 4.78 is 7.78. The second-order valence-electron chi connectivity index (χ2n) is 6.61. The molecule has 3 aromatic carbocycles. The van der Waals surface area contributed by atoms with Gasteiger partial charge >= 0.3 is 0 Å². The van der Waals surface area contributed by atoms with Crippen molar-refractivity contribution in [3.8, 4) is 16.9 Å². The Morgan fingerprint density at radius 3 is 1.89 bits per heavy atom. The van der Waals surface area contributed by atoms with Gasteiger partial charge in [0.05, 0.1) is 12.1 Å². The van der Waals surface area contributed by atoms with E-state index in [-0.39, 0.29) is 5.56 Å². The van der Waals surface area contributed by atoms with Crippen LogP contribution in [0, 0.1) is 0 Å². The molecule has 1 aromatic heterocycles. The second kappa shape index (κ2) is 8.40. The van der Waals surface area contributed by atoms with Gasteiger partial charge in [-0.1, -0.05) is 91.0 Å². The number of aromatic nitrogens is 1. The third-order valence-electron chi connectivity index (χ3n) is 4.62. The Bertz CT molecular complexity index is 1090. The highest BCUT2D eigenvalue weighted by atomic mass is 16.5. The highest BCUT2D eigenvalue weighted by Crippen LogP contribution is 2.27. The lowest BCUT2D eigenvalue weighted by Crippen LogP contribution is -2.22. The highest BCUT2D eigenvalue weighted by Gasteiger charge is 2.14. The highest BCUT2D eigenvalue weighted by molar-refractivity contribution is 5.69. The molecule has 0 saturated heterocycles. The summed E-state index contributed by atoms with van der Waals surface area (Å²) in [5, 5.41) is 0. The molecule has 3 heteroatoms. The monoisotopic (exact) mass is 367 g/mol. The summed E-state index contributed by atoms with van der Waals surface area (Å²) in [6.07, 6.45) is 1.81. The molecule has 0 radical (unpaired) electrons. The first-order chi connectivity index (χ1) is 13.8. The third kappa shape index (κ3) is 4.04. The zero-order valence-corrected chi connectivity index (χ0v) is 15.5. The van der Waals surface area contributed by atoms with E-state index in [4.69, 9.17) is 4.74 Å². The van der Waals surface area contributed by atoms with Crippen molar-refractivity contribution in [1.29, 1.82) is 0 Å². The van der Waals surface area contributed by atoms with Gasteiger partial charge in [-0.2, -0.15) is 0 Å². The lowest BCUT2D eigenvalue weighted by Gasteiger charge is -2.14. The van der Waals surface area contributed by atoms with E-state index in [0.717, 1.165) is 16.7 Å².